The SMILES string of the molecule is O=C(CCc1ccccc1)NC(NC(=O)CCc1ccccc1)c1cccc(Br)c1. The Morgan fingerprint density at radius 1 is 0.700 bits per heavy atom. The maximum Gasteiger partial charge on any atom is 0.222 e. The zero-order chi connectivity index (χ0) is 21.2. The van der Waals surface area contributed by atoms with Gasteiger partial charge in [0.1, 0.15) is 6.17 Å². The van der Waals surface area contributed by atoms with Crippen LogP contribution in [-0.4, -0.2) is 11.8 Å². The van der Waals surface area contributed by atoms with Crippen LogP contribution in [0.25, 0.3) is 0 Å². The van der Waals surface area contributed by atoms with Crippen LogP contribution in [0.1, 0.15) is 35.7 Å². The molecule has 0 spiro atoms. The van der Waals surface area contributed by atoms with Crippen molar-refractivity contribution in [1.29, 1.82) is 0 Å². The lowest BCUT2D eigenvalue weighted by atomic mass is 10.1. The predicted molar refractivity (Wildman–Crippen MR) is 123 cm³/mol. The fraction of sp³-hybridized carbons (Fsp3) is 0.200. The average Bonchev–Trinajstić information content (AvgIpc) is 2.77. The summed E-state index contributed by atoms with van der Waals surface area (Å²) in [4.78, 5) is 25.1. The van der Waals surface area contributed by atoms with E-state index >= 15 is 0 Å². The highest BCUT2D eigenvalue weighted by Gasteiger charge is 2.17. The van der Waals surface area contributed by atoms with E-state index < -0.39 is 6.17 Å². The molecule has 0 aliphatic heterocycles. The van der Waals surface area contributed by atoms with E-state index in [4.69, 9.17) is 0 Å². The molecule has 30 heavy (non-hydrogen) atoms. The smallest absolute Gasteiger partial charge is 0.222 e. The number of halogens is 1. The number of carbonyl (C=O) groups is 2. The minimum absolute atomic E-state index is 0.104. The zero-order valence-electron chi connectivity index (χ0n) is 16.7. The van der Waals surface area contributed by atoms with Crippen LogP contribution in [0.3, 0.4) is 0 Å². The van der Waals surface area contributed by atoms with Gasteiger partial charge in [0.15, 0.2) is 0 Å². The fourth-order valence-electron chi connectivity index (χ4n) is 3.16. The topological polar surface area (TPSA) is 58.2 Å². The molecule has 0 aliphatic carbocycles. The van der Waals surface area contributed by atoms with Gasteiger partial charge in [0.2, 0.25) is 11.8 Å². The van der Waals surface area contributed by atoms with Gasteiger partial charge in [-0.05, 0) is 41.7 Å². The van der Waals surface area contributed by atoms with Gasteiger partial charge in [-0.3, -0.25) is 9.59 Å². The summed E-state index contributed by atoms with van der Waals surface area (Å²) in [7, 11) is 0. The Kier molecular flexibility index (Phi) is 8.21. The lowest BCUT2D eigenvalue weighted by Crippen LogP contribution is -2.41. The van der Waals surface area contributed by atoms with Crippen LogP contribution < -0.4 is 10.6 Å². The van der Waals surface area contributed by atoms with Crippen molar-refractivity contribution < 1.29 is 9.59 Å². The first-order valence-electron chi connectivity index (χ1n) is 10.0. The molecular formula is C25H25BrN2O2. The Morgan fingerprint density at radius 2 is 1.20 bits per heavy atom. The van der Waals surface area contributed by atoms with Gasteiger partial charge in [0, 0.05) is 17.3 Å². The number of rotatable bonds is 9. The number of nitrogens with one attached hydrogen (secondary N) is 2. The molecule has 0 atom stereocenters. The molecule has 3 aromatic carbocycles. The first-order chi connectivity index (χ1) is 14.6. The molecule has 0 saturated carbocycles. The van der Waals surface area contributed by atoms with Crippen molar-refractivity contribution in [2.24, 2.45) is 0 Å². The van der Waals surface area contributed by atoms with Crippen molar-refractivity contribution in [3.63, 3.8) is 0 Å². The highest BCUT2D eigenvalue weighted by molar-refractivity contribution is 9.10. The van der Waals surface area contributed by atoms with Crippen molar-refractivity contribution in [3.8, 4) is 0 Å². The summed E-state index contributed by atoms with van der Waals surface area (Å²) in [5.41, 5.74) is 3.04. The maximum absolute atomic E-state index is 12.6. The van der Waals surface area contributed by atoms with Crippen LogP contribution in [0.4, 0.5) is 0 Å². The van der Waals surface area contributed by atoms with Crippen molar-refractivity contribution in [2.45, 2.75) is 31.8 Å². The summed E-state index contributed by atoms with van der Waals surface area (Å²) in [6.07, 6.45) is 1.44. The molecule has 0 unspecified atom stereocenters. The molecular weight excluding hydrogens is 440 g/mol. The fourth-order valence-corrected chi connectivity index (χ4v) is 3.58. The molecule has 0 saturated heterocycles. The second-order valence-electron chi connectivity index (χ2n) is 7.09. The minimum Gasteiger partial charge on any atom is -0.332 e. The van der Waals surface area contributed by atoms with Crippen LogP contribution in [0.15, 0.2) is 89.4 Å². The van der Waals surface area contributed by atoms with Gasteiger partial charge in [-0.2, -0.15) is 0 Å². The molecule has 0 aliphatic rings. The number of hydrogen-bond acceptors (Lipinski definition) is 2. The largest absolute Gasteiger partial charge is 0.332 e. The zero-order valence-corrected chi connectivity index (χ0v) is 18.3. The second-order valence-corrected chi connectivity index (χ2v) is 8.01. The molecule has 2 N–H and O–H groups in total. The van der Waals surface area contributed by atoms with Gasteiger partial charge in [-0.1, -0.05) is 88.7 Å². The number of aryl methyl sites for hydroxylation is 2. The molecule has 0 heterocycles. The molecule has 3 aromatic rings. The molecule has 4 nitrogen and oxygen atoms in total. The van der Waals surface area contributed by atoms with E-state index in [0.29, 0.717) is 25.7 Å². The number of carbonyl (C=O) groups excluding carboxylic acids is 2. The van der Waals surface area contributed by atoms with E-state index in [1.54, 1.807) is 0 Å². The Morgan fingerprint density at radius 3 is 1.67 bits per heavy atom. The standard InChI is InChI=1S/C25H25BrN2O2/c26-22-13-7-12-21(18-22)25(27-23(29)16-14-19-8-3-1-4-9-19)28-24(30)17-15-20-10-5-2-6-11-20/h1-13,18,25H,14-17H2,(H,27,29)(H,28,30). The van der Waals surface area contributed by atoms with Crippen molar-refractivity contribution in [3.05, 3.63) is 106 Å². The monoisotopic (exact) mass is 464 g/mol. The van der Waals surface area contributed by atoms with E-state index in [1.807, 2.05) is 84.9 Å². The first-order valence-corrected chi connectivity index (χ1v) is 10.8. The Hall–Kier alpha value is -2.92. The molecule has 0 aromatic heterocycles. The molecule has 154 valence electrons. The third-order valence-electron chi connectivity index (χ3n) is 4.76. The summed E-state index contributed by atoms with van der Waals surface area (Å²) in [6.45, 7) is 0. The lowest BCUT2D eigenvalue weighted by Gasteiger charge is -2.21. The molecule has 0 bridgehead atoms. The van der Waals surface area contributed by atoms with Gasteiger partial charge < -0.3 is 10.6 Å². The van der Waals surface area contributed by atoms with Crippen LogP contribution in [-0.2, 0) is 22.4 Å². The van der Waals surface area contributed by atoms with Crippen molar-refractivity contribution in [2.75, 3.05) is 0 Å². The lowest BCUT2D eigenvalue weighted by molar-refractivity contribution is -0.124. The third-order valence-corrected chi connectivity index (χ3v) is 5.25. The van der Waals surface area contributed by atoms with Gasteiger partial charge in [0.05, 0.1) is 0 Å². The Labute approximate surface area is 185 Å². The number of hydrogen-bond donors (Lipinski definition) is 2. The average molecular weight is 465 g/mol. The highest BCUT2D eigenvalue weighted by atomic mass is 79.9. The van der Waals surface area contributed by atoms with Gasteiger partial charge >= 0.3 is 0 Å². The molecule has 5 heteroatoms. The van der Waals surface area contributed by atoms with Crippen molar-refractivity contribution in [1.82, 2.24) is 10.6 Å². The molecule has 0 fully saturated rings. The number of benzene rings is 3. The maximum atomic E-state index is 12.6. The van der Waals surface area contributed by atoms with E-state index in [2.05, 4.69) is 26.6 Å². The number of amides is 2. The second kappa shape index (κ2) is 11.3. The molecule has 2 amide bonds. The molecule has 3 rings (SSSR count). The van der Waals surface area contributed by atoms with E-state index in [0.717, 1.165) is 21.2 Å². The van der Waals surface area contributed by atoms with Gasteiger partial charge in [-0.25, -0.2) is 0 Å². The summed E-state index contributed by atoms with van der Waals surface area (Å²) < 4.78 is 0.891. The summed E-state index contributed by atoms with van der Waals surface area (Å²) in [5.74, 6) is -0.209. The minimum atomic E-state index is -0.575. The van der Waals surface area contributed by atoms with E-state index in [-0.39, 0.29) is 11.8 Å². The summed E-state index contributed by atoms with van der Waals surface area (Å²) in [5, 5.41) is 5.94. The first kappa shape index (κ1) is 21.8. The molecule has 0 radical (unpaired) electrons. The predicted octanol–water partition coefficient (Wildman–Crippen LogP) is 4.95. The van der Waals surface area contributed by atoms with Crippen LogP contribution in [0, 0.1) is 0 Å². The van der Waals surface area contributed by atoms with Crippen LogP contribution >= 0.6 is 15.9 Å². The quantitative estimate of drug-likeness (QED) is 0.440. The van der Waals surface area contributed by atoms with Gasteiger partial charge in [-0.15, -0.1) is 0 Å². The summed E-state index contributed by atoms with van der Waals surface area (Å²) >= 11 is 3.46. The van der Waals surface area contributed by atoms with Crippen LogP contribution in [0.5, 0.6) is 0 Å². The van der Waals surface area contributed by atoms with Crippen molar-refractivity contribution >= 4 is 27.7 Å². The van der Waals surface area contributed by atoms with Gasteiger partial charge in [0.25, 0.3) is 0 Å². The Balaban J connectivity index is 1.61. The summed E-state index contributed by atoms with van der Waals surface area (Å²) in [6, 6.07) is 27.4. The van der Waals surface area contributed by atoms with E-state index in [1.165, 1.54) is 0 Å². The Bertz CT molecular complexity index is 904. The highest BCUT2D eigenvalue weighted by Crippen LogP contribution is 2.17. The van der Waals surface area contributed by atoms with E-state index in [9.17, 15) is 9.59 Å². The normalized spacial score (nSPS) is 10.6. The van der Waals surface area contributed by atoms with Crippen LogP contribution in [0.2, 0.25) is 0 Å². The third kappa shape index (κ3) is 7.16.